The van der Waals surface area contributed by atoms with E-state index in [0.717, 1.165) is 5.56 Å². The predicted molar refractivity (Wildman–Crippen MR) is 66.3 cm³/mol. The Morgan fingerprint density at radius 1 is 0.938 bits per heavy atom. The molecular formula is C15H14O. The largest absolute Gasteiger partial charge is 0.300 e. The Kier molecular flexibility index (Phi) is 3.16. The lowest BCUT2D eigenvalue weighted by Crippen LogP contribution is -1.95. The molecule has 0 aliphatic heterocycles. The van der Waals surface area contributed by atoms with Crippen molar-refractivity contribution in [2.45, 2.75) is 13.3 Å². The number of carbonyl (C=O) groups is 1. The van der Waals surface area contributed by atoms with Gasteiger partial charge in [0.25, 0.3) is 0 Å². The first-order valence-electron chi connectivity index (χ1n) is 5.39. The summed E-state index contributed by atoms with van der Waals surface area (Å²) < 4.78 is 0. The molecular weight excluding hydrogens is 196 g/mol. The van der Waals surface area contributed by atoms with E-state index < -0.39 is 0 Å². The molecule has 0 fully saturated rings. The van der Waals surface area contributed by atoms with Crippen LogP contribution in [-0.4, -0.2) is 5.78 Å². The lowest BCUT2D eigenvalue weighted by Gasteiger charge is -2.04. The highest BCUT2D eigenvalue weighted by Crippen LogP contribution is 2.20. The fourth-order valence-electron chi connectivity index (χ4n) is 1.78. The van der Waals surface area contributed by atoms with E-state index in [-0.39, 0.29) is 5.78 Å². The Morgan fingerprint density at radius 3 is 2.31 bits per heavy atom. The van der Waals surface area contributed by atoms with E-state index >= 15 is 0 Å². The van der Waals surface area contributed by atoms with Gasteiger partial charge in [0.1, 0.15) is 5.78 Å². The molecule has 80 valence electrons. The van der Waals surface area contributed by atoms with Gasteiger partial charge in [-0.25, -0.2) is 0 Å². The van der Waals surface area contributed by atoms with Crippen molar-refractivity contribution < 1.29 is 4.79 Å². The van der Waals surface area contributed by atoms with Crippen molar-refractivity contribution in [2.24, 2.45) is 0 Å². The van der Waals surface area contributed by atoms with Gasteiger partial charge in [-0.05, 0) is 23.6 Å². The van der Waals surface area contributed by atoms with E-state index in [1.807, 2.05) is 30.3 Å². The lowest BCUT2D eigenvalue weighted by atomic mass is 10.0. The summed E-state index contributed by atoms with van der Waals surface area (Å²) in [4.78, 5) is 11.1. The molecule has 0 atom stereocenters. The summed E-state index contributed by atoms with van der Waals surface area (Å²) in [5.74, 6) is 0.199. The van der Waals surface area contributed by atoms with E-state index in [1.54, 1.807) is 6.92 Å². The summed E-state index contributed by atoms with van der Waals surface area (Å²) in [6.45, 7) is 1.62. The van der Waals surface area contributed by atoms with Gasteiger partial charge in [-0.15, -0.1) is 0 Å². The number of benzene rings is 2. The Hall–Kier alpha value is -1.89. The van der Waals surface area contributed by atoms with Crippen LogP contribution < -0.4 is 0 Å². The maximum Gasteiger partial charge on any atom is 0.134 e. The SMILES string of the molecule is CC(=O)Cc1cccc(-c2ccccc2)c1. The van der Waals surface area contributed by atoms with Crippen molar-refractivity contribution in [2.75, 3.05) is 0 Å². The third-order valence-electron chi connectivity index (χ3n) is 2.49. The molecule has 0 aliphatic carbocycles. The van der Waals surface area contributed by atoms with E-state index in [1.165, 1.54) is 11.1 Å². The quantitative estimate of drug-likeness (QED) is 0.758. The molecule has 0 saturated heterocycles. The molecule has 2 aromatic carbocycles. The average Bonchev–Trinajstić information content (AvgIpc) is 2.30. The molecule has 0 unspecified atom stereocenters. The molecule has 0 radical (unpaired) electrons. The normalized spacial score (nSPS) is 10.1. The number of carbonyl (C=O) groups excluding carboxylic acids is 1. The van der Waals surface area contributed by atoms with Crippen molar-refractivity contribution in [3.8, 4) is 11.1 Å². The smallest absolute Gasteiger partial charge is 0.134 e. The minimum atomic E-state index is 0.199. The zero-order valence-corrected chi connectivity index (χ0v) is 9.31. The average molecular weight is 210 g/mol. The second-order valence-electron chi connectivity index (χ2n) is 3.95. The number of ketones is 1. The van der Waals surface area contributed by atoms with Crippen LogP contribution in [-0.2, 0) is 11.2 Å². The van der Waals surface area contributed by atoms with Crippen LogP contribution in [0.1, 0.15) is 12.5 Å². The van der Waals surface area contributed by atoms with Gasteiger partial charge in [0.15, 0.2) is 0 Å². The van der Waals surface area contributed by atoms with Gasteiger partial charge in [-0.2, -0.15) is 0 Å². The maximum atomic E-state index is 11.1. The van der Waals surface area contributed by atoms with Gasteiger partial charge in [-0.1, -0.05) is 54.6 Å². The van der Waals surface area contributed by atoms with Crippen molar-refractivity contribution in [3.63, 3.8) is 0 Å². The third kappa shape index (κ3) is 2.57. The van der Waals surface area contributed by atoms with Crippen molar-refractivity contribution in [1.29, 1.82) is 0 Å². The molecule has 0 aliphatic rings. The maximum absolute atomic E-state index is 11.1. The van der Waals surface area contributed by atoms with E-state index in [2.05, 4.69) is 24.3 Å². The second kappa shape index (κ2) is 4.75. The van der Waals surface area contributed by atoms with Crippen molar-refractivity contribution in [3.05, 3.63) is 60.2 Å². The number of hydrogen-bond donors (Lipinski definition) is 0. The van der Waals surface area contributed by atoms with Gasteiger partial charge in [0.05, 0.1) is 0 Å². The minimum Gasteiger partial charge on any atom is -0.300 e. The van der Waals surface area contributed by atoms with Crippen LogP contribution >= 0.6 is 0 Å². The van der Waals surface area contributed by atoms with Crippen molar-refractivity contribution in [1.82, 2.24) is 0 Å². The Bertz CT molecular complexity index is 486. The molecule has 16 heavy (non-hydrogen) atoms. The highest BCUT2D eigenvalue weighted by Gasteiger charge is 2.00. The van der Waals surface area contributed by atoms with Gasteiger partial charge in [0.2, 0.25) is 0 Å². The number of hydrogen-bond acceptors (Lipinski definition) is 1. The molecule has 0 N–H and O–H groups in total. The van der Waals surface area contributed by atoms with Gasteiger partial charge in [-0.3, -0.25) is 4.79 Å². The Balaban J connectivity index is 2.33. The zero-order chi connectivity index (χ0) is 11.4. The topological polar surface area (TPSA) is 17.1 Å². The highest BCUT2D eigenvalue weighted by atomic mass is 16.1. The summed E-state index contributed by atoms with van der Waals surface area (Å²) in [6, 6.07) is 18.3. The van der Waals surface area contributed by atoms with E-state index in [9.17, 15) is 4.79 Å². The monoisotopic (exact) mass is 210 g/mol. The van der Waals surface area contributed by atoms with Crippen LogP contribution in [0, 0.1) is 0 Å². The van der Waals surface area contributed by atoms with Crippen LogP contribution in [0.4, 0.5) is 0 Å². The molecule has 0 bridgehead atoms. The molecule has 0 heterocycles. The number of Topliss-reactive ketones (excluding diaryl/α,β-unsaturated/α-hetero) is 1. The van der Waals surface area contributed by atoms with E-state index in [4.69, 9.17) is 0 Å². The molecule has 0 saturated carbocycles. The first kappa shape index (κ1) is 10.6. The first-order valence-corrected chi connectivity index (χ1v) is 5.39. The summed E-state index contributed by atoms with van der Waals surface area (Å²) in [5.41, 5.74) is 3.43. The van der Waals surface area contributed by atoms with Gasteiger partial charge < -0.3 is 0 Å². The fourth-order valence-corrected chi connectivity index (χ4v) is 1.78. The first-order chi connectivity index (χ1) is 7.75. The summed E-state index contributed by atoms with van der Waals surface area (Å²) in [6.07, 6.45) is 0.515. The third-order valence-corrected chi connectivity index (χ3v) is 2.49. The van der Waals surface area contributed by atoms with Gasteiger partial charge >= 0.3 is 0 Å². The second-order valence-corrected chi connectivity index (χ2v) is 3.95. The summed E-state index contributed by atoms with van der Waals surface area (Å²) in [7, 11) is 0. The molecule has 2 rings (SSSR count). The molecule has 1 nitrogen and oxygen atoms in total. The van der Waals surface area contributed by atoms with Crippen LogP contribution in [0.2, 0.25) is 0 Å². The molecule has 0 spiro atoms. The van der Waals surface area contributed by atoms with Crippen LogP contribution in [0.5, 0.6) is 0 Å². The van der Waals surface area contributed by atoms with E-state index in [0.29, 0.717) is 6.42 Å². The lowest BCUT2D eigenvalue weighted by molar-refractivity contribution is -0.116. The van der Waals surface area contributed by atoms with Gasteiger partial charge in [0, 0.05) is 6.42 Å². The molecule has 1 heteroatoms. The number of rotatable bonds is 3. The van der Waals surface area contributed by atoms with Crippen LogP contribution in [0.15, 0.2) is 54.6 Å². The predicted octanol–water partition coefficient (Wildman–Crippen LogP) is 3.49. The minimum absolute atomic E-state index is 0.199. The molecule has 0 amide bonds. The summed E-state index contributed by atoms with van der Waals surface area (Å²) in [5, 5.41) is 0. The standard InChI is InChI=1S/C15H14O/c1-12(16)10-13-6-5-9-15(11-13)14-7-3-2-4-8-14/h2-9,11H,10H2,1H3. The Morgan fingerprint density at radius 2 is 1.62 bits per heavy atom. The zero-order valence-electron chi connectivity index (χ0n) is 9.31. The van der Waals surface area contributed by atoms with Crippen molar-refractivity contribution >= 4 is 5.78 Å². The Labute approximate surface area is 95.7 Å². The summed E-state index contributed by atoms with van der Waals surface area (Å²) >= 11 is 0. The van der Waals surface area contributed by atoms with Crippen LogP contribution in [0.25, 0.3) is 11.1 Å². The highest BCUT2D eigenvalue weighted by molar-refractivity contribution is 5.78. The fraction of sp³-hybridized carbons (Fsp3) is 0.133. The van der Waals surface area contributed by atoms with Crippen LogP contribution in [0.3, 0.4) is 0 Å². The molecule has 0 aromatic heterocycles. The molecule has 2 aromatic rings.